The van der Waals surface area contributed by atoms with Crippen LogP contribution in [0.2, 0.25) is 0 Å². The molecule has 1 unspecified atom stereocenters. The van der Waals surface area contributed by atoms with E-state index in [2.05, 4.69) is 16.7 Å². The Bertz CT molecular complexity index is 954. The van der Waals surface area contributed by atoms with Gasteiger partial charge in [-0.2, -0.15) is 11.3 Å². The van der Waals surface area contributed by atoms with E-state index in [1.54, 1.807) is 11.3 Å². The van der Waals surface area contributed by atoms with Gasteiger partial charge in [-0.25, -0.2) is 0 Å². The maximum Gasteiger partial charge on any atom is 0.203 e. The molecule has 25 heavy (non-hydrogen) atoms. The molecule has 0 fully saturated rings. The van der Waals surface area contributed by atoms with Crippen molar-refractivity contribution in [2.75, 3.05) is 0 Å². The molecule has 1 atom stereocenters. The van der Waals surface area contributed by atoms with Crippen molar-refractivity contribution in [3.05, 3.63) is 88.3 Å². The van der Waals surface area contributed by atoms with E-state index < -0.39 is 5.54 Å². The summed E-state index contributed by atoms with van der Waals surface area (Å²) in [6, 6.07) is 12.0. The minimum atomic E-state index is -0.654. The maximum atomic E-state index is 13.4. The average Bonchev–Trinajstić information content (AvgIpc) is 3.26. The fourth-order valence-corrected chi connectivity index (χ4v) is 3.97. The van der Waals surface area contributed by atoms with E-state index in [-0.39, 0.29) is 5.78 Å². The van der Waals surface area contributed by atoms with Crippen molar-refractivity contribution in [3.8, 4) is 11.8 Å². The monoisotopic (exact) mass is 343 g/mol. The zero-order chi connectivity index (χ0) is 17.3. The van der Waals surface area contributed by atoms with Gasteiger partial charge in [0.25, 0.3) is 0 Å². The number of ketones is 1. The standard InChI is InChI=1S/C22H17NOS/c1-2-22-13-6-7-14-23(22)20(18-8-4-3-5-9-18)19(21(22)24)11-10-17-12-15-25-16-17/h3-9,12-16H,2H2,1H3. The number of nitrogens with zero attached hydrogens (tertiary/aromatic N) is 1. The Morgan fingerprint density at radius 3 is 2.68 bits per heavy atom. The molecule has 4 rings (SSSR count). The molecule has 0 saturated heterocycles. The summed E-state index contributed by atoms with van der Waals surface area (Å²) in [6.07, 6.45) is 8.61. The summed E-state index contributed by atoms with van der Waals surface area (Å²) in [5.74, 6) is 6.41. The topological polar surface area (TPSA) is 20.3 Å². The average molecular weight is 343 g/mol. The molecule has 3 heterocycles. The zero-order valence-corrected chi connectivity index (χ0v) is 14.7. The summed E-state index contributed by atoms with van der Waals surface area (Å²) in [5, 5.41) is 3.99. The van der Waals surface area contributed by atoms with Gasteiger partial charge in [-0.3, -0.25) is 4.79 Å². The summed E-state index contributed by atoms with van der Waals surface area (Å²) >= 11 is 1.61. The molecule has 2 nitrogen and oxygen atoms in total. The number of fused-ring (bicyclic) bond motifs is 1. The Labute approximate surface area is 151 Å². The first-order valence-electron chi connectivity index (χ1n) is 8.30. The van der Waals surface area contributed by atoms with Crippen LogP contribution in [0.4, 0.5) is 0 Å². The van der Waals surface area contributed by atoms with E-state index in [1.165, 1.54) is 0 Å². The molecule has 0 spiro atoms. The van der Waals surface area contributed by atoms with Crippen LogP contribution in [0.5, 0.6) is 0 Å². The van der Waals surface area contributed by atoms with E-state index in [4.69, 9.17) is 0 Å². The Kier molecular flexibility index (Phi) is 3.91. The zero-order valence-electron chi connectivity index (χ0n) is 13.9. The van der Waals surface area contributed by atoms with Gasteiger partial charge >= 0.3 is 0 Å². The summed E-state index contributed by atoms with van der Waals surface area (Å²) in [4.78, 5) is 15.4. The molecule has 0 bridgehead atoms. The van der Waals surface area contributed by atoms with Gasteiger partial charge in [0.1, 0.15) is 5.54 Å². The Hall–Kier alpha value is -2.83. The molecule has 1 aromatic carbocycles. The van der Waals surface area contributed by atoms with Crippen LogP contribution in [-0.4, -0.2) is 16.2 Å². The van der Waals surface area contributed by atoms with Gasteiger partial charge in [-0.1, -0.05) is 61.2 Å². The van der Waals surface area contributed by atoms with E-state index in [9.17, 15) is 4.79 Å². The Morgan fingerprint density at radius 2 is 1.96 bits per heavy atom. The number of allylic oxidation sites excluding steroid dienone is 2. The number of hydrogen-bond donors (Lipinski definition) is 0. The number of carbonyl (C=O) groups excluding carboxylic acids is 1. The number of thiophene rings is 1. The number of benzene rings is 1. The van der Waals surface area contributed by atoms with Crippen molar-refractivity contribution in [3.63, 3.8) is 0 Å². The number of rotatable bonds is 2. The SMILES string of the molecule is CCC12C=CC=CN1C(c1ccccc1)=C(C#Cc1ccsc1)C2=O. The second kappa shape index (κ2) is 6.23. The first-order valence-corrected chi connectivity index (χ1v) is 9.24. The van der Waals surface area contributed by atoms with Gasteiger partial charge in [0.2, 0.25) is 5.78 Å². The van der Waals surface area contributed by atoms with Crippen molar-refractivity contribution in [2.45, 2.75) is 18.9 Å². The lowest BCUT2D eigenvalue weighted by Gasteiger charge is -2.36. The van der Waals surface area contributed by atoms with Gasteiger partial charge in [0.15, 0.2) is 0 Å². The summed E-state index contributed by atoms with van der Waals surface area (Å²) < 4.78 is 0. The molecule has 0 saturated carbocycles. The molecule has 0 aliphatic carbocycles. The molecule has 1 aromatic heterocycles. The fourth-order valence-electron chi connectivity index (χ4n) is 3.38. The van der Waals surface area contributed by atoms with Gasteiger partial charge in [0.05, 0.1) is 11.3 Å². The van der Waals surface area contributed by atoms with Crippen LogP contribution < -0.4 is 0 Å². The number of carbonyl (C=O) groups is 1. The summed E-state index contributed by atoms with van der Waals surface area (Å²) in [7, 11) is 0. The minimum Gasteiger partial charge on any atom is -0.329 e. The number of Topliss-reactive ketones (excluding diaryl/α,β-unsaturated/α-hetero) is 1. The van der Waals surface area contributed by atoms with Crippen LogP contribution in [0.1, 0.15) is 24.5 Å². The van der Waals surface area contributed by atoms with Crippen molar-refractivity contribution in [1.82, 2.24) is 4.90 Å². The predicted molar refractivity (Wildman–Crippen MR) is 103 cm³/mol. The maximum absolute atomic E-state index is 13.4. The summed E-state index contributed by atoms with van der Waals surface area (Å²) in [5.41, 5.74) is 2.80. The van der Waals surface area contributed by atoms with E-state index in [0.717, 1.165) is 16.8 Å². The smallest absolute Gasteiger partial charge is 0.203 e. The van der Waals surface area contributed by atoms with Crippen LogP contribution >= 0.6 is 11.3 Å². The lowest BCUT2D eigenvalue weighted by Crippen LogP contribution is -2.45. The molecule has 2 aliphatic rings. The largest absolute Gasteiger partial charge is 0.329 e. The van der Waals surface area contributed by atoms with Crippen LogP contribution in [0, 0.1) is 11.8 Å². The Balaban J connectivity index is 1.92. The van der Waals surface area contributed by atoms with Gasteiger partial charge < -0.3 is 4.90 Å². The lowest BCUT2D eigenvalue weighted by molar-refractivity contribution is -0.120. The highest BCUT2D eigenvalue weighted by molar-refractivity contribution is 7.08. The second-order valence-corrected chi connectivity index (χ2v) is 6.81. The quantitative estimate of drug-likeness (QED) is 0.741. The van der Waals surface area contributed by atoms with Crippen molar-refractivity contribution < 1.29 is 4.79 Å². The van der Waals surface area contributed by atoms with E-state index in [1.807, 2.05) is 78.5 Å². The fraction of sp³-hybridized carbons (Fsp3) is 0.136. The van der Waals surface area contributed by atoms with E-state index >= 15 is 0 Å². The van der Waals surface area contributed by atoms with Crippen molar-refractivity contribution in [2.24, 2.45) is 0 Å². The highest BCUT2D eigenvalue weighted by Gasteiger charge is 2.49. The summed E-state index contributed by atoms with van der Waals surface area (Å²) in [6.45, 7) is 2.05. The third-order valence-electron chi connectivity index (χ3n) is 4.69. The van der Waals surface area contributed by atoms with Gasteiger partial charge in [-0.05, 0) is 29.5 Å². The second-order valence-electron chi connectivity index (χ2n) is 6.03. The van der Waals surface area contributed by atoms with Crippen molar-refractivity contribution in [1.29, 1.82) is 0 Å². The van der Waals surface area contributed by atoms with Crippen molar-refractivity contribution >= 4 is 22.8 Å². The molecular weight excluding hydrogens is 326 g/mol. The Morgan fingerprint density at radius 1 is 1.12 bits per heavy atom. The molecular formula is C22H17NOS. The molecule has 0 radical (unpaired) electrons. The van der Waals surface area contributed by atoms with E-state index in [0.29, 0.717) is 12.0 Å². The van der Waals surface area contributed by atoms with Gasteiger partial charge in [0, 0.05) is 17.1 Å². The molecule has 3 heteroatoms. The first kappa shape index (κ1) is 15.7. The third-order valence-corrected chi connectivity index (χ3v) is 5.37. The highest BCUT2D eigenvalue weighted by atomic mass is 32.1. The van der Waals surface area contributed by atoms with Crippen LogP contribution in [0.25, 0.3) is 5.70 Å². The molecule has 2 aromatic rings. The predicted octanol–water partition coefficient (Wildman–Crippen LogP) is 4.63. The van der Waals surface area contributed by atoms with Crippen LogP contribution in [-0.2, 0) is 4.79 Å². The van der Waals surface area contributed by atoms with Crippen LogP contribution in [0.3, 0.4) is 0 Å². The highest BCUT2D eigenvalue weighted by Crippen LogP contribution is 2.43. The number of hydrogen-bond acceptors (Lipinski definition) is 3. The minimum absolute atomic E-state index is 0.0807. The van der Waals surface area contributed by atoms with Gasteiger partial charge in [-0.15, -0.1) is 0 Å². The normalized spacial score (nSPS) is 21.3. The molecule has 2 aliphatic heterocycles. The molecule has 0 N–H and O–H groups in total. The van der Waals surface area contributed by atoms with Crippen LogP contribution in [0.15, 0.2) is 77.2 Å². The molecule has 122 valence electrons. The first-order chi connectivity index (χ1) is 12.3. The lowest BCUT2D eigenvalue weighted by atomic mass is 9.87. The molecule has 0 amide bonds. The third kappa shape index (κ3) is 2.47.